The number of anilines is 1. The number of nitrogens with zero attached hydrogens (tertiary/aromatic N) is 4. The number of carbonyl (C=O) groups excluding carboxylic acids is 1. The molecule has 0 spiro atoms. The van der Waals surface area contributed by atoms with Crippen LogP contribution in [-0.2, 0) is 6.54 Å². The van der Waals surface area contributed by atoms with Crippen molar-refractivity contribution in [1.29, 1.82) is 0 Å². The van der Waals surface area contributed by atoms with Gasteiger partial charge in [-0.3, -0.25) is 14.7 Å². The summed E-state index contributed by atoms with van der Waals surface area (Å²) < 4.78 is 24.4. The third-order valence-corrected chi connectivity index (χ3v) is 9.86. The average Bonchev–Trinajstić information content (AvgIpc) is 3.54. The van der Waals surface area contributed by atoms with Crippen LogP contribution >= 0.6 is 21.6 Å². The zero-order valence-corrected chi connectivity index (χ0v) is 26.1. The first-order valence-corrected chi connectivity index (χ1v) is 16.2. The van der Waals surface area contributed by atoms with Crippen molar-refractivity contribution in [2.75, 3.05) is 25.9 Å². The number of fused-ring (bicyclic) bond motifs is 6. The molecule has 1 amide bonds. The van der Waals surface area contributed by atoms with Gasteiger partial charge in [-0.05, 0) is 71.0 Å². The van der Waals surface area contributed by atoms with Crippen LogP contribution in [0.5, 0.6) is 23.0 Å². The molecule has 0 N–H and O–H groups in total. The molecule has 0 saturated heterocycles. The largest absolute Gasteiger partial charge is 0.493 e. The van der Waals surface area contributed by atoms with E-state index in [1.165, 1.54) is 33.6 Å². The van der Waals surface area contributed by atoms with Crippen molar-refractivity contribution >= 4 is 65.9 Å². The second kappa shape index (κ2) is 11.9. The van der Waals surface area contributed by atoms with Gasteiger partial charge in [0.2, 0.25) is 6.79 Å². The zero-order chi connectivity index (χ0) is 31.1. The smallest absolute Gasteiger partial charge is 0.419 e. The lowest BCUT2D eigenvalue weighted by Crippen LogP contribution is -2.30. The summed E-state index contributed by atoms with van der Waals surface area (Å²) in [6.45, 7) is 2.45. The summed E-state index contributed by atoms with van der Waals surface area (Å²) in [5, 5.41) is 3.38. The Kier molecular flexibility index (Phi) is 7.60. The Labute approximate surface area is 265 Å². The number of amides is 1. The molecule has 0 fully saturated rings. The number of carbonyl (C=O) groups is 1. The molecule has 10 nitrogen and oxygen atoms in total. The number of para-hydroxylation sites is 1. The molecular formula is C33H26N4O6S2. The minimum Gasteiger partial charge on any atom is -0.493 e. The van der Waals surface area contributed by atoms with Crippen molar-refractivity contribution in [2.24, 2.45) is 0 Å². The minimum absolute atomic E-state index is 0.131. The Morgan fingerprint density at radius 3 is 2.49 bits per heavy atom. The fourth-order valence-electron chi connectivity index (χ4n) is 5.35. The van der Waals surface area contributed by atoms with Gasteiger partial charge in [0.05, 0.1) is 29.2 Å². The summed E-state index contributed by atoms with van der Waals surface area (Å²) >= 11 is 0. The quantitative estimate of drug-likeness (QED) is 0.131. The van der Waals surface area contributed by atoms with Crippen LogP contribution in [0.4, 0.5) is 10.5 Å². The van der Waals surface area contributed by atoms with E-state index in [0.29, 0.717) is 45.8 Å². The van der Waals surface area contributed by atoms with Gasteiger partial charge in [-0.1, -0.05) is 18.2 Å². The predicted molar refractivity (Wildman–Crippen MR) is 176 cm³/mol. The molecule has 0 radical (unpaired) electrons. The number of methoxy groups -OCH3 is 1. The van der Waals surface area contributed by atoms with E-state index in [9.17, 15) is 9.59 Å². The van der Waals surface area contributed by atoms with E-state index >= 15 is 0 Å². The highest BCUT2D eigenvalue weighted by molar-refractivity contribution is 8.76. The first-order chi connectivity index (χ1) is 22.0. The molecule has 1 aliphatic rings. The summed E-state index contributed by atoms with van der Waals surface area (Å²) in [5.74, 6) is 1.66. The lowest BCUT2D eigenvalue weighted by Gasteiger charge is -2.21. The highest BCUT2D eigenvalue weighted by Gasteiger charge is 2.23. The third-order valence-electron chi connectivity index (χ3n) is 7.54. The number of pyridine rings is 3. The number of aryl methyl sites for hydroxylation is 1. The molecule has 0 unspecified atom stereocenters. The van der Waals surface area contributed by atoms with Gasteiger partial charge in [0.15, 0.2) is 23.0 Å². The van der Waals surface area contributed by atoms with Gasteiger partial charge in [0, 0.05) is 53.1 Å². The fraction of sp³-hybridized carbons (Fsp3) is 0.152. The lowest BCUT2D eigenvalue weighted by molar-refractivity contribution is 0.174. The first kappa shape index (κ1) is 28.8. The standard InChI is InChI=1S/C33H26N4O6S2/c1-4-37-31-21-15-26-27(42-18-41-26)16-23(21)35-17-22(31)19-13-25(40-3)28(14-20(19)32(37)38)43-33(39)36(2)24-9-5-6-10-29(24)44-45-30-11-7-8-12-34-30/h5-17H,4,18H2,1-3H3. The summed E-state index contributed by atoms with van der Waals surface area (Å²) in [6.07, 6.45) is 2.84. The monoisotopic (exact) mass is 638 g/mol. The van der Waals surface area contributed by atoms with E-state index in [4.69, 9.17) is 18.9 Å². The highest BCUT2D eigenvalue weighted by atomic mass is 33.1. The fourth-order valence-corrected chi connectivity index (χ4v) is 7.43. The van der Waals surface area contributed by atoms with Gasteiger partial charge < -0.3 is 23.5 Å². The maximum Gasteiger partial charge on any atom is 0.419 e. The Hall–Kier alpha value is -4.94. The number of benzene rings is 3. The van der Waals surface area contributed by atoms with Crippen LogP contribution in [0.1, 0.15) is 6.92 Å². The normalized spacial score (nSPS) is 12.2. The van der Waals surface area contributed by atoms with E-state index in [1.54, 1.807) is 36.1 Å². The molecule has 0 aliphatic carbocycles. The topological polar surface area (TPSA) is 105 Å². The van der Waals surface area contributed by atoms with Crippen LogP contribution in [0, 0.1) is 0 Å². The summed E-state index contributed by atoms with van der Waals surface area (Å²) in [5.41, 5.74) is 1.84. The van der Waals surface area contributed by atoms with Crippen molar-refractivity contribution < 1.29 is 23.7 Å². The molecule has 1 aliphatic heterocycles. The van der Waals surface area contributed by atoms with Crippen LogP contribution < -0.4 is 29.4 Å². The average molecular weight is 639 g/mol. The van der Waals surface area contributed by atoms with Crippen molar-refractivity contribution in [2.45, 2.75) is 23.4 Å². The molecule has 0 bridgehead atoms. The Morgan fingerprint density at radius 2 is 1.71 bits per heavy atom. The lowest BCUT2D eigenvalue weighted by atomic mass is 10.0. The number of hydrogen-bond acceptors (Lipinski definition) is 10. The molecule has 4 heterocycles. The number of aromatic nitrogens is 3. The molecule has 3 aromatic carbocycles. The van der Waals surface area contributed by atoms with Crippen LogP contribution in [0.15, 0.2) is 93.8 Å². The Balaban J connectivity index is 1.27. The van der Waals surface area contributed by atoms with Crippen LogP contribution in [0.3, 0.4) is 0 Å². The van der Waals surface area contributed by atoms with Gasteiger partial charge >= 0.3 is 6.09 Å². The molecule has 0 atom stereocenters. The number of rotatable bonds is 7. The maximum absolute atomic E-state index is 14.0. The Morgan fingerprint density at radius 1 is 0.933 bits per heavy atom. The van der Waals surface area contributed by atoms with Crippen molar-refractivity contribution in [3.05, 3.63) is 89.5 Å². The molecule has 7 rings (SSSR count). The van der Waals surface area contributed by atoms with E-state index in [0.717, 1.165) is 26.2 Å². The molecule has 45 heavy (non-hydrogen) atoms. The molecular weight excluding hydrogens is 613 g/mol. The summed E-state index contributed by atoms with van der Waals surface area (Å²) in [6, 6.07) is 20.2. The van der Waals surface area contributed by atoms with Crippen LogP contribution in [0.25, 0.3) is 32.6 Å². The van der Waals surface area contributed by atoms with Crippen LogP contribution in [-0.4, -0.2) is 41.6 Å². The van der Waals surface area contributed by atoms with E-state index in [2.05, 4.69) is 9.97 Å². The maximum atomic E-state index is 14.0. The van der Waals surface area contributed by atoms with E-state index in [-0.39, 0.29) is 18.1 Å². The van der Waals surface area contributed by atoms with E-state index < -0.39 is 6.09 Å². The van der Waals surface area contributed by atoms with Gasteiger partial charge in [-0.25, -0.2) is 9.78 Å². The molecule has 3 aromatic heterocycles. The molecule has 6 aromatic rings. The first-order valence-electron chi connectivity index (χ1n) is 14.0. The summed E-state index contributed by atoms with van der Waals surface area (Å²) in [7, 11) is 6.12. The van der Waals surface area contributed by atoms with Crippen molar-refractivity contribution in [3.63, 3.8) is 0 Å². The molecule has 226 valence electrons. The number of hydrogen-bond donors (Lipinski definition) is 0. The third kappa shape index (κ3) is 5.15. The number of ether oxygens (including phenoxy) is 4. The zero-order valence-electron chi connectivity index (χ0n) is 24.5. The highest BCUT2D eigenvalue weighted by Crippen LogP contribution is 2.42. The second-order valence-electron chi connectivity index (χ2n) is 10.1. The van der Waals surface area contributed by atoms with Crippen molar-refractivity contribution in [3.8, 4) is 23.0 Å². The van der Waals surface area contributed by atoms with Gasteiger partial charge in [0.1, 0.15) is 5.03 Å². The van der Waals surface area contributed by atoms with Gasteiger partial charge in [-0.2, -0.15) is 0 Å². The van der Waals surface area contributed by atoms with Crippen molar-refractivity contribution in [1.82, 2.24) is 14.5 Å². The van der Waals surface area contributed by atoms with Crippen LogP contribution in [0.2, 0.25) is 0 Å². The molecule has 12 heteroatoms. The second-order valence-corrected chi connectivity index (χ2v) is 12.3. The van der Waals surface area contributed by atoms with E-state index in [1.807, 2.05) is 61.5 Å². The van der Waals surface area contributed by atoms with Gasteiger partial charge in [-0.15, -0.1) is 0 Å². The molecule has 0 saturated carbocycles. The predicted octanol–water partition coefficient (Wildman–Crippen LogP) is 7.29. The minimum atomic E-state index is -0.635. The Bertz CT molecular complexity index is 2170. The van der Waals surface area contributed by atoms with Gasteiger partial charge in [0.25, 0.3) is 5.56 Å². The SMILES string of the molecule is CCn1c(=O)c2cc(OC(=O)N(C)c3ccccc3SSc3ccccn3)c(OC)cc2c2cnc3cc4c(cc3c21)OCO4. The summed E-state index contributed by atoms with van der Waals surface area (Å²) in [4.78, 5) is 38.8.